The van der Waals surface area contributed by atoms with E-state index in [0.29, 0.717) is 11.5 Å². The lowest BCUT2D eigenvalue weighted by Crippen LogP contribution is -2.28. The monoisotopic (exact) mass is 524 g/mol. The molecule has 4 aromatic rings. The third kappa shape index (κ3) is 5.30. The van der Waals surface area contributed by atoms with E-state index in [4.69, 9.17) is 14.2 Å². The molecule has 0 aliphatic heterocycles. The molecule has 4 nitrogen and oxygen atoms in total. The summed E-state index contributed by atoms with van der Waals surface area (Å²) in [5, 5.41) is 13.3. The molecule has 0 unspecified atom stereocenters. The number of rotatable bonds is 4. The highest BCUT2D eigenvalue weighted by atomic mass is 16.5. The maximum atomic E-state index is 11.4. The summed E-state index contributed by atoms with van der Waals surface area (Å²) in [6.45, 7) is 9.47. The van der Waals surface area contributed by atoms with Crippen LogP contribution in [0.2, 0.25) is 0 Å². The standard InChI is InChI=1S/C35H40O4/c1-34(2)19-23-11-9-8-10-22(23)14-27-24(20-35(3,4)21-34)15-31(36)29-17-30(33(39-7)18-28(27)29)26-13-12-25(37-5)16-32(26)38-6/h8-13,15-18,36H,14,19-21H2,1-7H3. The van der Waals surface area contributed by atoms with Gasteiger partial charge in [0.15, 0.2) is 0 Å². The van der Waals surface area contributed by atoms with Crippen molar-refractivity contribution in [2.75, 3.05) is 21.3 Å². The van der Waals surface area contributed by atoms with Crippen molar-refractivity contribution in [3.05, 3.63) is 82.9 Å². The molecule has 1 N–H and O–H groups in total. The topological polar surface area (TPSA) is 47.9 Å². The first-order chi connectivity index (χ1) is 18.5. The van der Waals surface area contributed by atoms with Gasteiger partial charge in [-0.1, -0.05) is 52.0 Å². The number of phenols is 1. The van der Waals surface area contributed by atoms with Crippen molar-refractivity contribution in [3.63, 3.8) is 0 Å². The fraction of sp³-hybridized carbons (Fsp3) is 0.371. The lowest BCUT2D eigenvalue weighted by Gasteiger charge is -2.37. The third-order valence-corrected chi connectivity index (χ3v) is 8.12. The summed E-state index contributed by atoms with van der Waals surface area (Å²) in [4.78, 5) is 0. The average Bonchev–Trinajstić information content (AvgIpc) is 2.89. The molecule has 0 radical (unpaired) electrons. The maximum absolute atomic E-state index is 11.4. The minimum atomic E-state index is 0.0745. The SMILES string of the molecule is COc1ccc(-c2cc3c(O)cc4c(c3cc2OC)Cc2ccccc2CC(C)(C)CC(C)(C)C4)c(OC)c1. The Morgan fingerprint density at radius 2 is 1.28 bits per heavy atom. The predicted molar refractivity (Wildman–Crippen MR) is 160 cm³/mol. The van der Waals surface area contributed by atoms with E-state index in [0.717, 1.165) is 59.1 Å². The molecule has 204 valence electrons. The summed E-state index contributed by atoms with van der Waals surface area (Å²) >= 11 is 0. The van der Waals surface area contributed by atoms with Gasteiger partial charge < -0.3 is 19.3 Å². The molecule has 0 saturated carbocycles. The summed E-state index contributed by atoms with van der Waals surface area (Å²) < 4.78 is 17.1. The van der Waals surface area contributed by atoms with Gasteiger partial charge in [0.05, 0.1) is 21.3 Å². The van der Waals surface area contributed by atoms with Crippen molar-refractivity contribution in [2.24, 2.45) is 10.8 Å². The van der Waals surface area contributed by atoms with Crippen molar-refractivity contribution in [3.8, 4) is 34.1 Å². The zero-order chi connectivity index (χ0) is 27.9. The van der Waals surface area contributed by atoms with Gasteiger partial charge in [-0.25, -0.2) is 0 Å². The highest BCUT2D eigenvalue weighted by molar-refractivity contribution is 5.98. The fourth-order valence-electron chi connectivity index (χ4n) is 6.86. The van der Waals surface area contributed by atoms with Crippen LogP contribution in [0.1, 0.15) is 56.4 Å². The zero-order valence-electron chi connectivity index (χ0n) is 24.3. The number of hydrogen-bond donors (Lipinski definition) is 1. The molecule has 0 amide bonds. The first-order valence-electron chi connectivity index (χ1n) is 13.7. The molecule has 39 heavy (non-hydrogen) atoms. The van der Waals surface area contributed by atoms with Gasteiger partial charge >= 0.3 is 0 Å². The van der Waals surface area contributed by atoms with Crippen molar-refractivity contribution >= 4 is 10.8 Å². The Labute approximate surface area is 232 Å². The van der Waals surface area contributed by atoms with Crippen LogP contribution < -0.4 is 14.2 Å². The van der Waals surface area contributed by atoms with Crippen LogP contribution >= 0.6 is 0 Å². The van der Waals surface area contributed by atoms with Crippen molar-refractivity contribution < 1.29 is 19.3 Å². The lowest BCUT2D eigenvalue weighted by atomic mass is 9.68. The third-order valence-electron chi connectivity index (χ3n) is 8.12. The highest BCUT2D eigenvalue weighted by Gasteiger charge is 2.32. The quantitative estimate of drug-likeness (QED) is 0.291. The van der Waals surface area contributed by atoms with Crippen LogP contribution in [-0.2, 0) is 19.3 Å². The Bertz CT molecular complexity index is 1530. The Balaban J connectivity index is 1.77. The number of benzene rings is 4. The maximum Gasteiger partial charge on any atom is 0.130 e. The molecule has 0 saturated heterocycles. The molecule has 5 rings (SSSR count). The molecule has 0 heterocycles. The predicted octanol–water partition coefficient (Wildman–Crippen LogP) is 8.37. The van der Waals surface area contributed by atoms with Gasteiger partial charge in [-0.05, 0) is 94.5 Å². The number of methoxy groups -OCH3 is 3. The van der Waals surface area contributed by atoms with Crippen LogP contribution in [0.3, 0.4) is 0 Å². The highest BCUT2D eigenvalue weighted by Crippen LogP contribution is 2.46. The molecule has 1 aliphatic rings. The second-order valence-corrected chi connectivity index (χ2v) is 12.5. The van der Waals surface area contributed by atoms with E-state index >= 15 is 0 Å². The Kier molecular flexibility index (Phi) is 7.00. The number of hydrogen-bond acceptors (Lipinski definition) is 4. The smallest absolute Gasteiger partial charge is 0.130 e. The largest absolute Gasteiger partial charge is 0.507 e. The van der Waals surface area contributed by atoms with E-state index in [2.05, 4.69) is 58.0 Å². The minimum Gasteiger partial charge on any atom is -0.507 e. The first-order valence-corrected chi connectivity index (χ1v) is 13.7. The number of phenolic OH excluding ortho intramolecular Hbond substituents is 1. The van der Waals surface area contributed by atoms with E-state index in [1.807, 2.05) is 30.3 Å². The van der Waals surface area contributed by atoms with Crippen LogP contribution in [0.5, 0.6) is 23.0 Å². The Morgan fingerprint density at radius 3 is 1.95 bits per heavy atom. The number of fused-ring (bicyclic) bond motifs is 4. The van der Waals surface area contributed by atoms with Crippen LogP contribution in [0.25, 0.3) is 21.9 Å². The molecular weight excluding hydrogens is 484 g/mol. The molecule has 4 aromatic carbocycles. The van der Waals surface area contributed by atoms with E-state index in [1.54, 1.807) is 21.3 Å². The van der Waals surface area contributed by atoms with Crippen molar-refractivity contribution in [1.29, 1.82) is 0 Å². The second kappa shape index (κ2) is 10.1. The normalized spacial score (nSPS) is 16.2. The summed E-state index contributed by atoms with van der Waals surface area (Å²) in [5.41, 5.74) is 7.20. The lowest BCUT2D eigenvalue weighted by molar-refractivity contribution is 0.191. The van der Waals surface area contributed by atoms with Crippen molar-refractivity contribution in [2.45, 2.75) is 53.4 Å². The Morgan fingerprint density at radius 1 is 0.641 bits per heavy atom. The second-order valence-electron chi connectivity index (χ2n) is 12.5. The van der Waals surface area contributed by atoms with Crippen molar-refractivity contribution in [1.82, 2.24) is 0 Å². The zero-order valence-corrected chi connectivity index (χ0v) is 24.3. The number of aromatic hydroxyl groups is 1. The van der Waals surface area contributed by atoms with E-state index in [-0.39, 0.29) is 10.8 Å². The van der Waals surface area contributed by atoms with Gasteiger partial charge in [-0.2, -0.15) is 0 Å². The van der Waals surface area contributed by atoms with Crippen LogP contribution in [0, 0.1) is 10.8 Å². The average molecular weight is 525 g/mol. The molecule has 1 aliphatic carbocycles. The summed E-state index contributed by atoms with van der Waals surface area (Å²) in [5.74, 6) is 2.44. The molecule has 0 fully saturated rings. The van der Waals surface area contributed by atoms with Gasteiger partial charge in [0.25, 0.3) is 0 Å². The molecule has 0 spiro atoms. The summed E-state index contributed by atoms with van der Waals surface area (Å²) in [7, 11) is 4.99. The van der Waals surface area contributed by atoms with Gasteiger partial charge in [-0.3, -0.25) is 0 Å². The van der Waals surface area contributed by atoms with Gasteiger partial charge in [-0.15, -0.1) is 0 Å². The molecule has 0 bridgehead atoms. The Hall–Kier alpha value is -3.66. The van der Waals surface area contributed by atoms with Gasteiger partial charge in [0.2, 0.25) is 0 Å². The molecular formula is C35H40O4. The van der Waals surface area contributed by atoms with E-state index in [1.165, 1.54) is 22.3 Å². The molecule has 4 heteroatoms. The van der Waals surface area contributed by atoms with E-state index < -0.39 is 0 Å². The first kappa shape index (κ1) is 26.9. The summed E-state index contributed by atoms with van der Waals surface area (Å²) in [6.07, 6.45) is 3.84. The van der Waals surface area contributed by atoms with Crippen LogP contribution in [-0.4, -0.2) is 26.4 Å². The van der Waals surface area contributed by atoms with Gasteiger partial charge in [0.1, 0.15) is 23.0 Å². The fourth-order valence-corrected chi connectivity index (χ4v) is 6.86. The number of ether oxygens (including phenoxy) is 3. The van der Waals surface area contributed by atoms with Gasteiger partial charge in [0, 0.05) is 22.6 Å². The van der Waals surface area contributed by atoms with E-state index in [9.17, 15) is 5.11 Å². The van der Waals surface area contributed by atoms with Crippen LogP contribution in [0.15, 0.2) is 60.7 Å². The summed E-state index contributed by atoms with van der Waals surface area (Å²) in [6, 6.07) is 20.7. The minimum absolute atomic E-state index is 0.0745. The van der Waals surface area contributed by atoms with Crippen LogP contribution in [0.4, 0.5) is 0 Å². The molecule has 0 aromatic heterocycles. The molecule has 0 atom stereocenters.